The lowest BCUT2D eigenvalue weighted by molar-refractivity contribution is -0.542. The average Bonchev–Trinajstić information content (AvgIpc) is 2.65. The summed E-state index contributed by atoms with van der Waals surface area (Å²) < 4.78 is 17.6. The van der Waals surface area contributed by atoms with Crippen molar-refractivity contribution in [1.29, 1.82) is 0 Å². The maximum atomic E-state index is 13.0. The molecule has 5 heteroatoms. The summed E-state index contributed by atoms with van der Waals surface area (Å²) in [6.07, 6.45) is 1.74. The second kappa shape index (κ2) is 6.58. The van der Waals surface area contributed by atoms with Gasteiger partial charge in [-0.1, -0.05) is 12.1 Å². The lowest BCUT2D eigenvalue weighted by atomic mass is 10.1. The number of aromatic nitrogens is 1. The minimum atomic E-state index is -0.175. The van der Waals surface area contributed by atoms with E-state index >= 15 is 0 Å². The van der Waals surface area contributed by atoms with E-state index in [-0.39, 0.29) is 5.91 Å². The average molecular weight is 324 g/mol. The first-order chi connectivity index (χ1) is 11.7. The van der Waals surface area contributed by atoms with Crippen LogP contribution in [0.25, 0.3) is 10.9 Å². The molecule has 0 N–H and O–H groups in total. The molecule has 0 bridgehead atoms. The van der Waals surface area contributed by atoms with E-state index in [1.807, 2.05) is 36.4 Å². The number of ether oxygens (including phenoxy) is 3. The van der Waals surface area contributed by atoms with Gasteiger partial charge in [0.1, 0.15) is 0 Å². The fraction of sp³-hybridized carbons (Fsp3) is 0.158. The molecule has 0 aliphatic carbocycles. The van der Waals surface area contributed by atoms with E-state index in [0.717, 1.165) is 10.9 Å². The number of carbonyl (C=O) groups is 1. The Morgan fingerprint density at radius 1 is 0.875 bits per heavy atom. The normalized spacial score (nSPS) is 10.5. The Kier molecular flexibility index (Phi) is 4.33. The second-order valence-electron chi connectivity index (χ2n) is 5.16. The van der Waals surface area contributed by atoms with Gasteiger partial charge in [-0.3, -0.25) is 0 Å². The molecule has 122 valence electrons. The number of benzene rings is 2. The van der Waals surface area contributed by atoms with Crippen molar-refractivity contribution in [3.63, 3.8) is 0 Å². The minimum Gasteiger partial charge on any atom is -0.493 e. The molecular weight excluding hydrogens is 306 g/mol. The molecule has 24 heavy (non-hydrogen) atoms. The van der Waals surface area contributed by atoms with Crippen molar-refractivity contribution in [3.8, 4) is 17.2 Å². The number of carbonyl (C=O) groups excluding carboxylic acids is 1. The molecule has 0 radical (unpaired) electrons. The van der Waals surface area contributed by atoms with Gasteiger partial charge in [0.25, 0.3) is 0 Å². The number of nitrogens with zero attached hydrogens (tertiary/aromatic N) is 1. The topological polar surface area (TPSA) is 48.6 Å². The van der Waals surface area contributed by atoms with E-state index in [0.29, 0.717) is 22.8 Å². The smallest absolute Gasteiger partial charge is 0.425 e. The van der Waals surface area contributed by atoms with Crippen molar-refractivity contribution < 1.29 is 23.6 Å². The summed E-state index contributed by atoms with van der Waals surface area (Å²) in [6, 6.07) is 14.8. The van der Waals surface area contributed by atoms with Crippen LogP contribution in [0, 0.1) is 0 Å². The molecule has 0 unspecified atom stereocenters. The zero-order chi connectivity index (χ0) is 17.1. The van der Waals surface area contributed by atoms with Crippen molar-refractivity contribution in [3.05, 3.63) is 60.3 Å². The van der Waals surface area contributed by atoms with Crippen molar-refractivity contribution >= 4 is 16.8 Å². The van der Waals surface area contributed by atoms with Gasteiger partial charge in [0, 0.05) is 29.7 Å². The van der Waals surface area contributed by atoms with E-state index in [9.17, 15) is 4.79 Å². The molecule has 3 rings (SSSR count). The van der Waals surface area contributed by atoms with Crippen LogP contribution < -0.4 is 18.8 Å². The minimum absolute atomic E-state index is 0.175. The first-order valence-electron chi connectivity index (χ1n) is 7.43. The number of fused-ring (bicyclic) bond motifs is 1. The van der Waals surface area contributed by atoms with Gasteiger partial charge < -0.3 is 14.2 Å². The summed E-state index contributed by atoms with van der Waals surface area (Å²) >= 11 is 0. The van der Waals surface area contributed by atoms with E-state index in [1.54, 1.807) is 22.9 Å². The Bertz CT molecular complexity index is 875. The van der Waals surface area contributed by atoms with Gasteiger partial charge in [0.15, 0.2) is 17.7 Å². The van der Waals surface area contributed by atoms with Gasteiger partial charge in [-0.05, 0) is 12.1 Å². The Balaban J connectivity index is 2.16. The standard InChI is InChI=1S/C19H18NO4/c1-22-16-11-14(12-17(23-2)18(16)24-3)19(21)20-10-6-8-13-7-4-5-9-15(13)20/h4-12H,1-3H3/q+1. The van der Waals surface area contributed by atoms with Gasteiger partial charge >= 0.3 is 5.91 Å². The molecule has 0 aliphatic rings. The van der Waals surface area contributed by atoms with Crippen LogP contribution >= 0.6 is 0 Å². The molecular formula is C19H18NO4+. The molecule has 3 aromatic rings. The highest BCUT2D eigenvalue weighted by Gasteiger charge is 2.24. The maximum Gasteiger partial charge on any atom is 0.425 e. The molecule has 1 heterocycles. The quantitative estimate of drug-likeness (QED) is 0.693. The first-order valence-corrected chi connectivity index (χ1v) is 7.43. The van der Waals surface area contributed by atoms with E-state index in [4.69, 9.17) is 14.2 Å². The summed E-state index contributed by atoms with van der Waals surface area (Å²) in [7, 11) is 4.58. The van der Waals surface area contributed by atoms with Gasteiger partial charge in [0.05, 0.1) is 26.9 Å². The van der Waals surface area contributed by atoms with Crippen LogP contribution in [0.5, 0.6) is 17.2 Å². The van der Waals surface area contributed by atoms with E-state index in [2.05, 4.69) is 0 Å². The zero-order valence-corrected chi connectivity index (χ0v) is 13.8. The predicted molar refractivity (Wildman–Crippen MR) is 90.0 cm³/mol. The van der Waals surface area contributed by atoms with Crippen LogP contribution in [0.2, 0.25) is 0 Å². The fourth-order valence-corrected chi connectivity index (χ4v) is 2.68. The van der Waals surface area contributed by atoms with Gasteiger partial charge in [-0.15, -0.1) is 4.57 Å². The lowest BCUT2D eigenvalue weighted by Crippen LogP contribution is -2.43. The molecule has 0 fully saturated rings. The third kappa shape index (κ3) is 2.65. The summed E-state index contributed by atoms with van der Waals surface area (Å²) in [5.41, 5.74) is 1.28. The first kappa shape index (κ1) is 15.8. The molecule has 0 aliphatic heterocycles. The number of para-hydroxylation sites is 1. The largest absolute Gasteiger partial charge is 0.493 e. The lowest BCUT2D eigenvalue weighted by Gasteiger charge is -2.12. The molecule has 0 saturated heterocycles. The monoisotopic (exact) mass is 324 g/mol. The number of hydrogen-bond donors (Lipinski definition) is 0. The Labute approximate surface area is 140 Å². The van der Waals surface area contributed by atoms with Crippen LogP contribution in [-0.4, -0.2) is 27.2 Å². The van der Waals surface area contributed by atoms with E-state index < -0.39 is 0 Å². The van der Waals surface area contributed by atoms with Crippen molar-refractivity contribution in [2.24, 2.45) is 0 Å². The third-order valence-corrected chi connectivity index (χ3v) is 3.84. The second-order valence-corrected chi connectivity index (χ2v) is 5.16. The van der Waals surface area contributed by atoms with Crippen LogP contribution in [0.3, 0.4) is 0 Å². The Morgan fingerprint density at radius 2 is 1.50 bits per heavy atom. The van der Waals surface area contributed by atoms with Crippen molar-refractivity contribution in [1.82, 2.24) is 0 Å². The summed E-state index contributed by atoms with van der Waals surface area (Å²) in [5.74, 6) is 1.17. The maximum absolute atomic E-state index is 13.0. The molecule has 0 atom stereocenters. The highest BCUT2D eigenvalue weighted by atomic mass is 16.5. The molecule has 0 saturated carbocycles. The number of rotatable bonds is 4. The van der Waals surface area contributed by atoms with Gasteiger partial charge in [-0.2, -0.15) is 0 Å². The molecule has 5 nitrogen and oxygen atoms in total. The Morgan fingerprint density at radius 3 is 2.12 bits per heavy atom. The van der Waals surface area contributed by atoms with Crippen LogP contribution in [0.4, 0.5) is 0 Å². The number of pyridine rings is 1. The SMILES string of the molecule is COc1cc(C(=O)[n+]2cccc3ccccc32)cc(OC)c1OC. The molecule has 2 aromatic carbocycles. The van der Waals surface area contributed by atoms with E-state index in [1.165, 1.54) is 21.3 Å². The Hall–Kier alpha value is -3.08. The molecule has 1 aromatic heterocycles. The third-order valence-electron chi connectivity index (χ3n) is 3.84. The van der Waals surface area contributed by atoms with Crippen LogP contribution in [0.15, 0.2) is 54.7 Å². The zero-order valence-electron chi connectivity index (χ0n) is 13.8. The fourth-order valence-electron chi connectivity index (χ4n) is 2.68. The molecule has 0 spiro atoms. The summed E-state index contributed by atoms with van der Waals surface area (Å²) in [5, 5.41) is 0.987. The highest BCUT2D eigenvalue weighted by Crippen LogP contribution is 2.38. The summed E-state index contributed by atoms with van der Waals surface area (Å²) in [6.45, 7) is 0. The van der Waals surface area contributed by atoms with Crippen LogP contribution in [-0.2, 0) is 0 Å². The van der Waals surface area contributed by atoms with Crippen molar-refractivity contribution in [2.45, 2.75) is 0 Å². The summed E-state index contributed by atoms with van der Waals surface area (Å²) in [4.78, 5) is 13.0. The number of hydrogen-bond acceptors (Lipinski definition) is 4. The molecule has 0 amide bonds. The predicted octanol–water partition coefficient (Wildman–Crippen LogP) is 2.84. The van der Waals surface area contributed by atoms with Crippen molar-refractivity contribution in [2.75, 3.05) is 21.3 Å². The van der Waals surface area contributed by atoms with Crippen LogP contribution in [0.1, 0.15) is 10.4 Å². The van der Waals surface area contributed by atoms with Gasteiger partial charge in [-0.25, -0.2) is 4.79 Å². The highest BCUT2D eigenvalue weighted by molar-refractivity contribution is 5.92. The number of methoxy groups -OCH3 is 3. The van der Waals surface area contributed by atoms with Gasteiger partial charge in [0.2, 0.25) is 11.3 Å².